The van der Waals surface area contributed by atoms with Crippen LogP contribution >= 0.6 is 0 Å². The highest BCUT2D eigenvalue weighted by atomic mass is 16.1. The SMILES string of the molecule is N#Cc1ccc(NC(=O)c2cc(N3CCCC3)ncn2)cc1. The fraction of sp³-hybridized carbons (Fsp3) is 0.250. The second-order valence-electron chi connectivity index (χ2n) is 5.10. The molecule has 1 saturated heterocycles. The summed E-state index contributed by atoms with van der Waals surface area (Å²) >= 11 is 0. The smallest absolute Gasteiger partial charge is 0.274 e. The van der Waals surface area contributed by atoms with E-state index in [-0.39, 0.29) is 5.91 Å². The van der Waals surface area contributed by atoms with Crippen LogP contribution < -0.4 is 10.2 Å². The van der Waals surface area contributed by atoms with Gasteiger partial charge in [-0.3, -0.25) is 4.79 Å². The second-order valence-corrected chi connectivity index (χ2v) is 5.10. The highest BCUT2D eigenvalue weighted by Gasteiger charge is 2.16. The number of nitriles is 1. The van der Waals surface area contributed by atoms with Gasteiger partial charge in [0.2, 0.25) is 0 Å². The van der Waals surface area contributed by atoms with Crippen LogP contribution in [0.3, 0.4) is 0 Å². The third-order valence-corrected chi connectivity index (χ3v) is 3.59. The van der Waals surface area contributed by atoms with Crippen molar-refractivity contribution in [1.29, 1.82) is 5.26 Å². The van der Waals surface area contributed by atoms with Crippen molar-refractivity contribution < 1.29 is 4.79 Å². The van der Waals surface area contributed by atoms with Crippen molar-refractivity contribution >= 4 is 17.4 Å². The van der Waals surface area contributed by atoms with Crippen LogP contribution in [0.15, 0.2) is 36.7 Å². The number of hydrogen-bond acceptors (Lipinski definition) is 5. The zero-order valence-corrected chi connectivity index (χ0v) is 12.0. The number of nitrogens with one attached hydrogen (secondary N) is 1. The zero-order chi connectivity index (χ0) is 15.4. The van der Waals surface area contributed by atoms with Crippen molar-refractivity contribution in [3.63, 3.8) is 0 Å². The quantitative estimate of drug-likeness (QED) is 0.938. The van der Waals surface area contributed by atoms with E-state index in [1.54, 1.807) is 30.3 Å². The topological polar surface area (TPSA) is 81.9 Å². The molecule has 3 rings (SSSR count). The molecule has 1 aliphatic heterocycles. The lowest BCUT2D eigenvalue weighted by Gasteiger charge is -2.16. The molecule has 110 valence electrons. The van der Waals surface area contributed by atoms with Crippen LogP contribution in [0.25, 0.3) is 0 Å². The highest BCUT2D eigenvalue weighted by molar-refractivity contribution is 6.03. The minimum Gasteiger partial charge on any atom is -0.357 e. The van der Waals surface area contributed by atoms with Crippen LogP contribution in [0.2, 0.25) is 0 Å². The van der Waals surface area contributed by atoms with Gasteiger partial charge in [0.1, 0.15) is 17.8 Å². The summed E-state index contributed by atoms with van der Waals surface area (Å²) in [5.74, 6) is 0.505. The molecule has 1 fully saturated rings. The summed E-state index contributed by atoms with van der Waals surface area (Å²) in [7, 11) is 0. The average molecular weight is 293 g/mol. The van der Waals surface area contributed by atoms with Gasteiger partial charge < -0.3 is 10.2 Å². The molecule has 0 saturated carbocycles. The summed E-state index contributed by atoms with van der Waals surface area (Å²) < 4.78 is 0. The number of carbonyl (C=O) groups is 1. The van der Waals surface area contributed by atoms with Gasteiger partial charge in [-0.05, 0) is 37.1 Å². The number of aromatic nitrogens is 2. The molecule has 0 unspecified atom stereocenters. The molecule has 1 aromatic carbocycles. The molecule has 22 heavy (non-hydrogen) atoms. The Morgan fingerprint density at radius 1 is 1.18 bits per heavy atom. The number of benzene rings is 1. The molecule has 6 heteroatoms. The van der Waals surface area contributed by atoms with E-state index in [0.29, 0.717) is 16.9 Å². The molecule has 2 heterocycles. The first kappa shape index (κ1) is 14.0. The minimum atomic E-state index is -0.285. The van der Waals surface area contributed by atoms with E-state index in [2.05, 4.69) is 20.2 Å². The molecule has 1 N–H and O–H groups in total. The molecule has 0 spiro atoms. The molecule has 0 bridgehead atoms. The Morgan fingerprint density at radius 2 is 1.91 bits per heavy atom. The van der Waals surface area contributed by atoms with Crippen molar-refractivity contribution in [1.82, 2.24) is 9.97 Å². The first-order valence-electron chi connectivity index (χ1n) is 7.15. The van der Waals surface area contributed by atoms with Gasteiger partial charge in [0, 0.05) is 24.8 Å². The van der Waals surface area contributed by atoms with Crippen LogP contribution in [0, 0.1) is 11.3 Å². The Kier molecular flexibility index (Phi) is 3.97. The summed E-state index contributed by atoms with van der Waals surface area (Å²) in [5.41, 5.74) is 1.52. The van der Waals surface area contributed by atoms with Crippen molar-refractivity contribution in [2.24, 2.45) is 0 Å². The Balaban J connectivity index is 1.74. The number of nitrogens with zero attached hydrogens (tertiary/aromatic N) is 4. The lowest BCUT2D eigenvalue weighted by atomic mass is 10.2. The molecule has 2 aromatic rings. The molecule has 1 aliphatic rings. The first-order valence-corrected chi connectivity index (χ1v) is 7.15. The summed E-state index contributed by atoms with van der Waals surface area (Å²) in [5, 5.41) is 11.5. The molecule has 0 radical (unpaired) electrons. The maximum atomic E-state index is 12.3. The van der Waals surface area contributed by atoms with Crippen LogP contribution in [0.5, 0.6) is 0 Å². The third kappa shape index (κ3) is 3.04. The van der Waals surface area contributed by atoms with Gasteiger partial charge in [-0.1, -0.05) is 0 Å². The summed E-state index contributed by atoms with van der Waals surface area (Å²) in [6, 6.07) is 10.5. The predicted molar refractivity (Wildman–Crippen MR) is 82.6 cm³/mol. The van der Waals surface area contributed by atoms with Gasteiger partial charge in [-0.2, -0.15) is 5.26 Å². The molecule has 1 amide bonds. The maximum Gasteiger partial charge on any atom is 0.274 e. The van der Waals surface area contributed by atoms with Gasteiger partial charge in [-0.15, -0.1) is 0 Å². The molecule has 6 nitrogen and oxygen atoms in total. The van der Waals surface area contributed by atoms with Gasteiger partial charge in [0.05, 0.1) is 11.6 Å². The molecule has 1 aromatic heterocycles. The first-order chi connectivity index (χ1) is 10.8. The van der Waals surface area contributed by atoms with Crippen LogP contribution in [0.4, 0.5) is 11.5 Å². The molecule has 0 atom stereocenters. The number of amides is 1. The van der Waals surface area contributed by atoms with Crippen LogP contribution in [-0.2, 0) is 0 Å². The molecule has 0 aliphatic carbocycles. The largest absolute Gasteiger partial charge is 0.357 e. The Morgan fingerprint density at radius 3 is 2.59 bits per heavy atom. The Bertz CT molecular complexity index is 714. The van der Waals surface area contributed by atoms with Gasteiger partial charge >= 0.3 is 0 Å². The van der Waals surface area contributed by atoms with Crippen molar-refractivity contribution in [2.45, 2.75) is 12.8 Å². The van der Waals surface area contributed by atoms with Crippen molar-refractivity contribution in [3.05, 3.63) is 47.9 Å². The monoisotopic (exact) mass is 293 g/mol. The number of hydrogen-bond donors (Lipinski definition) is 1. The van der Waals surface area contributed by atoms with E-state index >= 15 is 0 Å². The summed E-state index contributed by atoms with van der Waals surface area (Å²) in [6.45, 7) is 1.93. The Labute approximate surface area is 128 Å². The van der Waals surface area contributed by atoms with Crippen molar-refractivity contribution in [3.8, 4) is 6.07 Å². The van der Waals surface area contributed by atoms with Crippen LogP contribution in [0.1, 0.15) is 28.9 Å². The van der Waals surface area contributed by atoms with Crippen LogP contribution in [-0.4, -0.2) is 29.0 Å². The normalized spacial score (nSPS) is 13.7. The molecular formula is C16H15N5O. The van der Waals surface area contributed by atoms with Gasteiger partial charge in [0.25, 0.3) is 5.91 Å². The Hall–Kier alpha value is -2.94. The number of anilines is 2. The van der Waals surface area contributed by atoms with Crippen molar-refractivity contribution in [2.75, 3.05) is 23.3 Å². The van der Waals surface area contributed by atoms with E-state index in [9.17, 15) is 4.79 Å². The standard InChI is InChI=1S/C16H15N5O/c17-10-12-3-5-13(6-4-12)20-16(22)14-9-15(19-11-18-14)21-7-1-2-8-21/h3-6,9,11H,1-2,7-8H2,(H,20,22). The van der Waals surface area contributed by atoms with E-state index in [1.165, 1.54) is 6.33 Å². The fourth-order valence-electron chi connectivity index (χ4n) is 2.41. The fourth-order valence-corrected chi connectivity index (χ4v) is 2.41. The minimum absolute atomic E-state index is 0.285. The summed E-state index contributed by atoms with van der Waals surface area (Å²) in [4.78, 5) is 22.7. The van der Waals surface area contributed by atoms with E-state index in [0.717, 1.165) is 31.7 Å². The van der Waals surface area contributed by atoms with Gasteiger partial charge in [0.15, 0.2) is 0 Å². The lowest BCUT2D eigenvalue weighted by Crippen LogP contribution is -2.21. The maximum absolute atomic E-state index is 12.3. The van der Waals surface area contributed by atoms with E-state index in [1.807, 2.05) is 6.07 Å². The number of carbonyl (C=O) groups excluding carboxylic acids is 1. The van der Waals surface area contributed by atoms with E-state index in [4.69, 9.17) is 5.26 Å². The van der Waals surface area contributed by atoms with Gasteiger partial charge in [-0.25, -0.2) is 9.97 Å². The third-order valence-electron chi connectivity index (χ3n) is 3.59. The average Bonchev–Trinajstić information content (AvgIpc) is 3.10. The summed E-state index contributed by atoms with van der Waals surface area (Å²) in [6.07, 6.45) is 3.72. The number of rotatable bonds is 3. The predicted octanol–water partition coefficient (Wildman–Crippen LogP) is 2.20. The highest BCUT2D eigenvalue weighted by Crippen LogP contribution is 2.18. The lowest BCUT2D eigenvalue weighted by molar-refractivity contribution is 0.102. The second kappa shape index (κ2) is 6.22. The molecular weight excluding hydrogens is 278 g/mol. The zero-order valence-electron chi connectivity index (χ0n) is 12.0. The van der Waals surface area contributed by atoms with E-state index < -0.39 is 0 Å².